The number of amides is 2. The number of esters is 1. The van der Waals surface area contributed by atoms with E-state index in [1.54, 1.807) is 54.6 Å². The molecule has 2 amide bonds. The van der Waals surface area contributed by atoms with Crippen molar-refractivity contribution in [3.8, 4) is 17.0 Å². The number of benzene rings is 3. The molecule has 0 N–H and O–H groups in total. The van der Waals surface area contributed by atoms with Gasteiger partial charge in [0.1, 0.15) is 5.75 Å². The second kappa shape index (κ2) is 11.2. The SMILES string of the molecule is COc1cccc(C(=O)COC(=O)c2cc(-c3ccc(N4C(=O)[C@@H]5CCCC[C@H]5C4=O)cc3)nc3ccc(C)cc23)c1. The number of carbonyl (C=O) groups is 4. The van der Waals surface area contributed by atoms with Crippen molar-refractivity contribution in [3.63, 3.8) is 0 Å². The van der Waals surface area contributed by atoms with E-state index in [1.807, 2.05) is 25.1 Å². The van der Waals surface area contributed by atoms with E-state index in [1.165, 1.54) is 12.0 Å². The summed E-state index contributed by atoms with van der Waals surface area (Å²) in [5, 5.41) is 0.616. The van der Waals surface area contributed by atoms with Crippen LogP contribution in [0.3, 0.4) is 0 Å². The third-order valence-corrected chi connectivity index (χ3v) is 8.17. The van der Waals surface area contributed by atoms with Crippen molar-refractivity contribution in [1.82, 2.24) is 4.98 Å². The fraction of sp³-hybridized carbons (Fsp3) is 0.265. The molecule has 8 heteroatoms. The number of carbonyl (C=O) groups excluding carboxylic acids is 4. The van der Waals surface area contributed by atoms with Gasteiger partial charge in [0, 0.05) is 16.5 Å². The number of rotatable bonds is 7. The number of nitrogens with zero attached hydrogens (tertiary/aromatic N) is 2. The first-order valence-electron chi connectivity index (χ1n) is 14.1. The molecule has 3 aromatic carbocycles. The first kappa shape index (κ1) is 27.3. The number of aryl methyl sites for hydroxylation is 1. The summed E-state index contributed by atoms with van der Waals surface area (Å²) in [6.07, 6.45) is 3.46. The minimum atomic E-state index is -0.641. The van der Waals surface area contributed by atoms with Crippen molar-refractivity contribution in [1.29, 1.82) is 0 Å². The molecule has 1 saturated heterocycles. The van der Waals surface area contributed by atoms with Gasteiger partial charge in [-0.1, -0.05) is 48.7 Å². The number of Topliss-reactive ketones (excluding diaryl/α,β-unsaturated/α-hetero) is 1. The van der Waals surface area contributed by atoms with Gasteiger partial charge in [-0.25, -0.2) is 9.78 Å². The molecule has 42 heavy (non-hydrogen) atoms. The number of ketones is 1. The average molecular weight is 563 g/mol. The Morgan fingerprint density at radius 2 is 1.62 bits per heavy atom. The van der Waals surface area contributed by atoms with Crippen LogP contribution in [-0.4, -0.2) is 42.3 Å². The highest BCUT2D eigenvalue weighted by Gasteiger charge is 2.48. The van der Waals surface area contributed by atoms with E-state index in [4.69, 9.17) is 14.5 Å². The third-order valence-electron chi connectivity index (χ3n) is 8.17. The number of methoxy groups -OCH3 is 1. The van der Waals surface area contributed by atoms with Gasteiger partial charge in [-0.2, -0.15) is 0 Å². The fourth-order valence-corrected chi connectivity index (χ4v) is 5.94. The molecule has 2 aliphatic rings. The number of hydrogen-bond donors (Lipinski definition) is 0. The standard InChI is InChI=1S/C34H30N2O6/c1-20-10-15-29-27(16-20)28(34(40)42-19-31(37)22-6-5-7-24(17-22)41-2)18-30(35-29)21-11-13-23(14-12-21)36-32(38)25-8-3-4-9-26(25)33(36)39/h5-7,10-18,25-26H,3-4,8-9,19H2,1-2H3/t25-,26-/m1/s1. The van der Waals surface area contributed by atoms with Crippen molar-refractivity contribution >= 4 is 40.2 Å². The maximum atomic E-state index is 13.3. The molecule has 1 aromatic heterocycles. The van der Waals surface area contributed by atoms with Crippen molar-refractivity contribution in [2.24, 2.45) is 11.8 Å². The van der Waals surface area contributed by atoms with Crippen molar-refractivity contribution < 1.29 is 28.7 Å². The quantitative estimate of drug-likeness (QED) is 0.156. The predicted octanol–water partition coefficient (Wildman–Crippen LogP) is 5.94. The fourth-order valence-electron chi connectivity index (χ4n) is 5.94. The summed E-state index contributed by atoms with van der Waals surface area (Å²) in [6, 6.07) is 21.0. The molecule has 2 atom stereocenters. The van der Waals surface area contributed by atoms with E-state index in [9.17, 15) is 19.2 Å². The lowest BCUT2D eigenvalue weighted by Crippen LogP contribution is -2.30. The molecule has 6 rings (SSSR count). The molecule has 0 spiro atoms. The van der Waals surface area contributed by atoms with Crippen LogP contribution in [0.2, 0.25) is 0 Å². The number of hydrogen-bond acceptors (Lipinski definition) is 7. The van der Waals surface area contributed by atoms with Crippen LogP contribution in [0.5, 0.6) is 5.75 Å². The number of ether oxygens (including phenoxy) is 2. The van der Waals surface area contributed by atoms with Crippen LogP contribution in [0, 0.1) is 18.8 Å². The summed E-state index contributed by atoms with van der Waals surface area (Å²) < 4.78 is 10.7. The highest BCUT2D eigenvalue weighted by atomic mass is 16.5. The number of aromatic nitrogens is 1. The van der Waals surface area contributed by atoms with Gasteiger partial charge < -0.3 is 9.47 Å². The summed E-state index contributed by atoms with van der Waals surface area (Å²) in [5.74, 6) is -1.14. The van der Waals surface area contributed by atoms with Crippen LogP contribution in [-0.2, 0) is 14.3 Å². The van der Waals surface area contributed by atoms with Crippen molar-refractivity contribution in [2.75, 3.05) is 18.6 Å². The zero-order valence-corrected chi connectivity index (χ0v) is 23.5. The largest absolute Gasteiger partial charge is 0.497 e. The minimum absolute atomic E-state index is 0.120. The molecule has 0 bridgehead atoms. The van der Waals surface area contributed by atoms with Gasteiger partial charge in [0.2, 0.25) is 11.8 Å². The van der Waals surface area contributed by atoms with E-state index in [-0.39, 0.29) is 35.0 Å². The van der Waals surface area contributed by atoms with E-state index in [2.05, 4.69) is 0 Å². The monoisotopic (exact) mass is 562 g/mol. The molecule has 4 aromatic rings. The van der Waals surface area contributed by atoms with Gasteiger partial charge in [-0.3, -0.25) is 19.3 Å². The highest BCUT2D eigenvalue weighted by molar-refractivity contribution is 6.22. The molecule has 1 aliphatic heterocycles. The van der Waals surface area contributed by atoms with Crippen LogP contribution in [0.15, 0.2) is 72.8 Å². The summed E-state index contributed by atoms with van der Waals surface area (Å²) in [7, 11) is 1.52. The average Bonchev–Trinajstić information content (AvgIpc) is 3.28. The molecular weight excluding hydrogens is 532 g/mol. The Morgan fingerprint density at radius 3 is 2.31 bits per heavy atom. The molecule has 212 valence electrons. The molecule has 2 heterocycles. The van der Waals surface area contributed by atoms with Gasteiger partial charge in [0.15, 0.2) is 12.4 Å². The van der Waals surface area contributed by atoms with Crippen LogP contribution < -0.4 is 9.64 Å². The minimum Gasteiger partial charge on any atom is -0.497 e. The van der Waals surface area contributed by atoms with E-state index in [0.29, 0.717) is 39.2 Å². The maximum absolute atomic E-state index is 13.3. The molecule has 0 unspecified atom stereocenters. The van der Waals surface area contributed by atoms with Gasteiger partial charge in [-0.15, -0.1) is 0 Å². The van der Waals surface area contributed by atoms with Crippen LogP contribution in [0.25, 0.3) is 22.2 Å². The topological polar surface area (TPSA) is 103 Å². The predicted molar refractivity (Wildman–Crippen MR) is 157 cm³/mol. The van der Waals surface area contributed by atoms with Crippen LogP contribution >= 0.6 is 0 Å². The second-order valence-electron chi connectivity index (χ2n) is 10.9. The lowest BCUT2D eigenvalue weighted by Gasteiger charge is -2.19. The lowest BCUT2D eigenvalue weighted by atomic mass is 9.81. The lowest BCUT2D eigenvalue weighted by molar-refractivity contribution is -0.122. The van der Waals surface area contributed by atoms with Crippen LogP contribution in [0.1, 0.15) is 52.0 Å². The second-order valence-corrected chi connectivity index (χ2v) is 10.9. The maximum Gasteiger partial charge on any atom is 0.339 e. The first-order chi connectivity index (χ1) is 20.3. The van der Waals surface area contributed by atoms with E-state index in [0.717, 1.165) is 31.2 Å². The normalized spacial score (nSPS) is 18.2. The summed E-state index contributed by atoms with van der Waals surface area (Å²) in [5.41, 5.74) is 3.99. The number of anilines is 1. The van der Waals surface area contributed by atoms with E-state index >= 15 is 0 Å². The molecular formula is C34H30N2O6. The van der Waals surface area contributed by atoms with Gasteiger partial charge in [0.05, 0.1) is 41.4 Å². The smallest absolute Gasteiger partial charge is 0.339 e. The van der Waals surface area contributed by atoms with Gasteiger partial charge >= 0.3 is 5.97 Å². The zero-order chi connectivity index (χ0) is 29.4. The molecule has 2 fully saturated rings. The Labute approximate surface area is 243 Å². The Kier molecular flexibility index (Phi) is 7.29. The number of pyridine rings is 1. The summed E-state index contributed by atoms with van der Waals surface area (Å²) in [6.45, 7) is 1.50. The zero-order valence-electron chi connectivity index (χ0n) is 23.5. The summed E-state index contributed by atoms with van der Waals surface area (Å²) >= 11 is 0. The van der Waals surface area contributed by atoms with E-state index < -0.39 is 12.6 Å². The molecule has 1 saturated carbocycles. The Balaban J connectivity index is 1.27. The van der Waals surface area contributed by atoms with Crippen molar-refractivity contribution in [2.45, 2.75) is 32.6 Å². The third kappa shape index (κ3) is 5.04. The number of imide groups is 1. The molecule has 0 radical (unpaired) electrons. The van der Waals surface area contributed by atoms with Gasteiger partial charge in [0.25, 0.3) is 0 Å². The van der Waals surface area contributed by atoms with Gasteiger partial charge in [-0.05, 0) is 62.2 Å². The first-order valence-corrected chi connectivity index (χ1v) is 14.1. The summed E-state index contributed by atoms with van der Waals surface area (Å²) in [4.78, 5) is 58.2. The van der Waals surface area contributed by atoms with Crippen molar-refractivity contribution in [3.05, 3.63) is 89.5 Å². The number of fused-ring (bicyclic) bond motifs is 2. The highest BCUT2D eigenvalue weighted by Crippen LogP contribution is 2.40. The Hall–Kier alpha value is -4.85. The Morgan fingerprint density at radius 1 is 0.905 bits per heavy atom. The Bertz CT molecular complexity index is 1700. The van der Waals surface area contributed by atoms with Crippen LogP contribution in [0.4, 0.5) is 5.69 Å². The molecule has 8 nitrogen and oxygen atoms in total. The molecule has 1 aliphatic carbocycles.